The zero-order valence-corrected chi connectivity index (χ0v) is 25.6. The number of hydrogen-bond donors (Lipinski definition) is 1. The summed E-state index contributed by atoms with van der Waals surface area (Å²) in [6, 6.07) is 44.6. The summed E-state index contributed by atoms with van der Waals surface area (Å²) in [5.74, 6) is 1.51. The molecule has 210 valence electrons. The molecule has 0 radical (unpaired) electrons. The van der Waals surface area contributed by atoms with Crippen LogP contribution in [0.3, 0.4) is 0 Å². The molecule has 0 unspecified atom stereocenters. The van der Waals surface area contributed by atoms with Gasteiger partial charge in [-0.15, -0.1) is 0 Å². The predicted octanol–water partition coefficient (Wildman–Crippen LogP) is 9.34. The Hall–Kier alpha value is -4.17. The van der Waals surface area contributed by atoms with E-state index in [4.69, 9.17) is 33.4 Å². The van der Waals surface area contributed by atoms with Gasteiger partial charge in [-0.3, -0.25) is 0 Å². The van der Waals surface area contributed by atoms with Crippen LogP contribution in [0.2, 0.25) is 0 Å². The summed E-state index contributed by atoms with van der Waals surface area (Å²) >= 11 is 15.9. The first-order valence-electron chi connectivity index (χ1n) is 13.4. The van der Waals surface area contributed by atoms with E-state index >= 15 is 0 Å². The maximum absolute atomic E-state index is 6.03. The zero-order chi connectivity index (χ0) is 29.3. The van der Waals surface area contributed by atoms with Gasteiger partial charge in [0.15, 0.2) is 0 Å². The van der Waals surface area contributed by atoms with Crippen molar-refractivity contribution in [3.63, 3.8) is 0 Å². The Bertz CT molecular complexity index is 1490. The molecule has 0 aliphatic heterocycles. The molecule has 5 rings (SSSR count). The zero-order valence-electron chi connectivity index (χ0n) is 23.1. The third kappa shape index (κ3) is 7.18. The van der Waals surface area contributed by atoms with Crippen LogP contribution < -0.4 is 18.7 Å². The van der Waals surface area contributed by atoms with Gasteiger partial charge in [-0.05, 0) is 83.9 Å². The number of nitrogens with zero attached hydrogens (tertiary/aromatic N) is 2. The number of thiol groups is 1. The molecule has 42 heavy (non-hydrogen) atoms. The molecule has 7 heteroatoms. The number of rotatable bonds is 10. The van der Waals surface area contributed by atoms with E-state index in [-0.39, 0.29) is 0 Å². The van der Waals surface area contributed by atoms with Crippen molar-refractivity contribution < 1.29 is 8.92 Å². The molecule has 5 aromatic rings. The molecule has 0 bridgehead atoms. The molecule has 4 nitrogen and oxygen atoms in total. The minimum atomic E-state index is 0.598. The van der Waals surface area contributed by atoms with Crippen LogP contribution in [0.25, 0.3) is 0 Å². The number of methoxy groups -OCH3 is 1. The summed E-state index contributed by atoms with van der Waals surface area (Å²) in [6.07, 6.45) is 1.22. The first kappa shape index (κ1) is 29.3. The van der Waals surface area contributed by atoms with E-state index in [1.807, 2.05) is 72.8 Å². The molecule has 0 aromatic heterocycles. The van der Waals surface area contributed by atoms with Crippen molar-refractivity contribution in [2.45, 2.75) is 12.8 Å². The van der Waals surface area contributed by atoms with Gasteiger partial charge >= 0.3 is 0 Å². The van der Waals surface area contributed by atoms with Crippen LogP contribution in [-0.2, 0) is 12.8 Å². The van der Waals surface area contributed by atoms with E-state index < -0.39 is 0 Å². The Morgan fingerprint density at radius 2 is 0.881 bits per heavy atom. The molecule has 0 aliphatic carbocycles. The van der Waals surface area contributed by atoms with Crippen LogP contribution in [-0.4, -0.2) is 17.1 Å². The number of hydrogen-bond acceptors (Lipinski definition) is 5. The molecule has 0 fully saturated rings. The maximum Gasteiger partial charge on any atom is 0.137 e. The van der Waals surface area contributed by atoms with Crippen molar-refractivity contribution in [1.29, 1.82) is 0 Å². The van der Waals surface area contributed by atoms with Gasteiger partial charge in [-0.25, -0.2) is 0 Å². The molecule has 0 saturated carbocycles. The van der Waals surface area contributed by atoms with E-state index in [0.717, 1.165) is 49.6 Å². The number of benzene rings is 5. The lowest BCUT2D eigenvalue weighted by Crippen LogP contribution is -2.27. The molecular weight excluding hydrogens is 577 g/mol. The topological polar surface area (TPSA) is 24.9 Å². The van der Waals surface area contributed by atoms with E-state index in [0.29, 0.717) is 18.6 Å². The predicted molar refractivity (Wildman–Crippen MR) is 185 cm³/mol. The summed E-state index contributed by atoms with van der Waals surface area (Å²) in [4.78, 5) is 5.82. The van der Waals surface area contributed by atoms with Gasteiger partial charge in [0.25, 0.3) is 0 Å². The molecule has 0 saturated heterocycles. The molecular formula is C35H30N2O2S3. The van der Waals surface area contributed by atoms with Crippen LogP contribution in [0.4, 0.5) is 22.7 Å². The molecule has 0 heterocycles. The van der Waals surface area contributed by atoms with Gasteiger partial charge in [-0.1, -0.05) is 85.1 Å². The number of ether oxygens (including phenoxy) is 1. The number of para-hydroxylation sites is 2. The fourth-order valence-electron chi connectivity index (χ4n) is 4.70. The fraction of sp³-hybridized carbons (Fsp3) is 0.0857. The SMILES string of the molecule is COc1ccc(CC(=S)N(c2ccccc2)c2ccc(N(C(=S)Cc3ccc(OS)cc3)c3ccccc3)cc2)cc1. The molecule has 0 amide bonds. The summed E-state index contributed by atoms with van der Waals surface area (Å²) in [5.41, 5.74) is 6.16. The molecule has 0 spiro atoms. The van der Waals surface area contributed by atoms with Crippen LogP contribution in [0, 0.1) is 0 Å². The van der Waals surface area contributed by atoms with Crippen LogP contribution in [0.5, 0.6) is 11.5 Å². The quantitative estimate of drug-likeness (QED) is 0.0966. The van der Waals surface area contributed by atoms with Crippen molar-refractivity contribution in [3.8, 4) is 11.5 Å². The number of thiocarbonyl (C=S) groups is 2. The lowest BCUT2D eigenvalue weighted by molar-refractivity contribution is 0.414. The third-order valence-electron chi connectivity index (χ3n) is 6.79. The Labute approximate surface area is 263 Å². The average molecular weight is 607 g/mol. The molecule has 0 N–H and O–H groups in total. The summed E-state index contributed by atoms with van der Waals surface area (Å²) < 4.78 is 10.3. The lowest BCUT2D eigenvalue weighted by Gasteiger charge is -2.29. The van der Waals surface area contributed by atoms with Gasteiger partial charge in [0.05, 0.1) is 17.1 Å². The van der Waals surface area contributed by atoms with Crippen molar-refractivity contribution in [2.75, 3.05) is 16.9 Å². The Morgan fingerprint density at radius 1 is 0.524 bits per heavy atom. The fourth-order valence-corrected chi connectivity index (χ4v) is 5.57. The first-order chi connectivity index (χ1) is 20.6. The summed E-state index contributed by atoms with van der Waals surface area (Å²) in [5, 5.41) is 0. The van der Waals surface area contributed by atoms with Crippen LogP contribution in [0.15, 0.2) is 133 Å². The average Bonchev–Trinajstić information content (AvgIpc) is 3.04. The van der Waals surface area contributed by atoms with Crippen LogP contribution >= 0.6 is 37.3 Å². The summed E-state index contributed by atoms with van der Waals surface area (Å²) in [6.45, 7) is 0. The van der Waals surface area contributed by atoms with Crippen molar-refractivity contribution >= 4 is 70.1 Å². The van der Waals surface area contributed by atoms with Crippen LogP contribution in [0.1, 0.15) is 11.1 Å². The molecule has 0 atom stereocenters. The van der Waals surface area contributed by atoms with Crippen molar-refractivity contribution in [2.24, 2.45) is 0 Å². The Kier molecular flexibility index (Phi) is 9.87. The van der Waals surface area contributed by atoms with E-state index in [2.05, 4.69) is 83.4 Å². The Balaban J connectivity index is 1.44. The smallest absolute Gasteiger partial charge is 0.137 e. The third-order valence-corrected chi connectivity index (χ3v) is 7.66. The minimum Gasteiger partial charge on any atom is -0.497 e. The minimum absolute atomic E-state index is 0.598. The van der Waals surface area contributed by atoms with Gasteiger partial charge < -0.3 is 18.7 Å². The molecule has 5 aromatic carbocycles. The van der Waals surface area contributed by atoms with Crippen molar-refractivity contribution in [1.82, 2.24) is 0 Å². The van der Waals surface area contributed by atoms with Gasteiger partial charge in [-0.2, -0.15) is 0 Å². The highest BCUT2D eigenvalue weighted by Gasteiger charge is 2.19. The highest BCUT2D eigenvalue weighted by Crippen LogP contribution is 2.33. The van der Waals surface area contributed by atoms with E-state index in [9.17, 15) is 0 Å². The van der Waals surface area contributed by atoms with Gasteiger partial charge in [0, 0.05) is 48.5 Å². The molecule has 0 aliphatic rings. The largest absolute Gasteiger partial charge is 0.497 e. The lowest BCUT2D eigenvalue weighted by atomic mass is 10.1. The Morgan fingerprint density at radius 3 is 1.24 bits per heavy atom. The monoisotopic (exact) mass is 606 g/mol. The second-order valence-electron chi connectivity index (χ2n) is 9.58. The first-order valence-corrected chi connectivity index (χ1v) is 14.6. The maximum atomic E-state index is 6.03. The highest BCUT2D eigenvalue weighted by atomic mass is 32.1. The standard InChI is InChI=1S/C35H30N2O2S3/c1-38-32-20-12-26(13-21-32)24-34(40)36(28-8-4-2-5-9-28)30-16-18-31(19-17-30)37(29-10-6-3-7-11-29)35(41)25-27-14-22-33(39-42)23-15-27/h2-23,42H,24-25H2,1H3. The van der Waals surface area contributed by atoms with E-state index in [1.165, 1.54) is 0 Å². The van der Waals surface area contributed by atoms with Gasteiger partial charge in [0.1, 0.15) is 11.5 Å². The highest BCUT2D eigenvalue weighted by molar-refractivity contribution is 7.80. The second-order valence-corrected chi connectivity index (χ2v) is 10.7. The number of anilines is 4. The van der Waals surface area contributed by atoms with Gasteiger partial charge in [0.2, 0.25) is 0 Å². The van der Waals surface area contributed by atoms with Crippen molar-refractivity contribution in [3.05, 3.63) is 145 Å². The normalized spacial score (nSPS) is 10.5. The summed E-state index contributed by atoms with van der Waals surface area (Å²) in [7, 11) is 1.67. The van der Waals surface area contributed by atoms with E-state index in [1.54, 1.807) is 7.11 Å². The second kappa shape index (κ2) is 14.1.